The van der Waals surface area contributed by atoms with Gasteiger partial charge in [-0.25, -0.2) is 27.9 Å². The van der Waals surface area contributed by atoms with Gasteiger partial charge in [-0.15, -0.1) is 0 Å². The van der Waals surface area contributed by atoms with E-state index in [9.17, 15) is 13.2 Å². The van der Waals surface area contributed by atoms with E-state index in [1.54, 1.807) is 0 Å². The largest absolute Gasteiger partial charge is 0.465 e. The molecular formula is C13H21N7O5S. The summed E-state index contributed by atoms with van der Waals surface area (Å²) in [6, 6.07) is 0. The van der Waals surface area contributed by atoms with Gasteiger partial charge in [-0.05, 0) is 0 Å². The van der Waals surface area contributed by atoms with Gasteiger partial charge in [-0.3, -0.25) is 0 Å². The fourth-order valence-corrected chi connectivity index (χ4v) is 2.75. The topological polar surface area (TPSA) is 163 Å². The Morgan fingerprint density at radius 3 is 2.73 bits per heavy atom. The number of rotatable bonds is 7. The summed E-state index contributed by atoms with van der Waals surface area (Å²) in [5.41, 5.74) is 6.33. The SMILES string of the molecule is CS(=O)(=O)NCCON=Cc1c(N)ncnc1N1CCN(C(=O)O)CC1. The maximum atomic E-state index is 11.0. The lowest BCUT2D eigenvalue weighted by molar-refractivity contribution is 0.142. The van der Waals surface area contributed by atoms with E-state index in [1.807, 2.05) is 4.90 Å². The van der Waals surface area contributed by atoms with Crippen molar-refractivity contribution >= 4 is 34.0 Å². The molecule has 0 spiro atoms. The van der Waals surface area contributed by atoms with Crippen molar-refractivity contribution in [3.63, 3.8) is 0 Å². The molecule has 0 radical (unpaired) electrons. The van der Waals surface area contributed by atoms with Crippen LogP contribution in [-0.2, 0) is 14.9 Å². The Bertz CT molecular complexity index is 762. The molecule has 1 aliphatic heterocycles. The van der Waals surface area contributed by atoms with E-state index in [4.69, 9.17) is 15.7 Å². The van der Waals surface area contributed by atoms with E-state index < -0.39 is 16.1 Å². The van der Waals surface area contributed by atoms with Crippen molar-refractivity contribution in [2.75, 3.05) is 56.2 Å². The van der Waals surface area contributed by atoms with Crippen molar-refractivity contribution in [1.29, 1.82) is 0 Å². The van der Waals surface area contributed by atoms with Gasteiger partial charge in [0, 0.05) is 32.7 Å². The van der Waals surface area contributed by atoms with Gasteiger partial charge in [0.1, 0.15) is 24.6 Å². The van der Waals surface area contributed by atoms with Crippen LogP contribution in [0.4, 0.5) is 16.4 Å². The number of nitrogens with two attached hydrogens (primary N) is 1. The van der Waals surface area contributed by atoms with E-state index in [2.05, 4.69) is 19.8 Å². The Morgan fingerprint density at radius 1 is 1.42 bits per heavy atom. The quantitative estimate of drug-likeness (QED) is 0.295. The van der Waals surface area contributed by atoms with Crippen LogP contribution in [-0.4, -0.2) is 86.3 Å². The van der Waals surface area contributed by atoms with E-state index in [1.165, 1.54) is 17.4 Å². The highest BCUT2D eigenvalue weighted by Gasteiger charge is 2.23. The smallest absolute Gasteiger partial charge is 0.407 e. The average molecular weight is 387 g/mol. The summed E-state index contributed by atoms with van der Waals surface area (Å²) in [6.07, 6.45) is 2.77. The molecular weight excluding hydrogens is 366 g/mol. The molecule has 26 heavy (non-hydrogen) atoms. The van der Waals surface area contributed by atoms with E-state index >= 15 is 0 Å². The Morgan fingerprint density at radius 2 is 2.12 bits per heavy atom. The maximum absolute atomic E-state index is 11.0. The highest BCUT2D eigenvalue weighted by molar-refractivity contribution is 7.88. The minimum Gasteiger partial charge on any atom is -0.465 e. The first kappa shape index (κ1) is 19.7. The van der Waals surface area contributed by atoms with Gasteiger partial charge in [0.2, 0.25) is 10.0 Å². The zero-order valence-corrected chi connectivity index (χ0v) is 15.0. The van der Waals surface area contributed by atoms with E-state index in [-0.39, 0.29) is 19.0 Å². The molecule has 1 aromatic heterocycles. The number of nitrogens with one attached hydrogen (secondary N) is 1. The van der Waals surface area contributed by atoms with Gasteiger partial charge in [0.05, 0.1) is 18.0 Å². The number of piperazine rings is 1. The first-order valence-corrected chi connectivity index (χ1v) is 9.60. The summed E-state index contributed by atoms with van der Waals surface area (Å²) in [5, 5.41) is 12.8. The Kier molecular flexibility index (Phi) is 6.52. The zero-order valence-electron chi connectivity index (χ0n) is 14.2. The lowest BCUT2D eigenvalue weighted by Gasteiger charge is -2.34. The Balaban J connectivity index is 1.98. The second kappa shape index (κ2) is 8.62. The summed E-state index contributed by atoms with van der Waals surface area (Å²) < 4.78 is 24.1. The van der Waals surface area contributed by atoms with Gasteiger partial charge in [-0.2, -0.15) is 0 Å². The molecule has 12 nitrogen and oxygen atoms in total. The lowest BCUT2D eigenvalue weighted by Crippen LogP contribution is -2.48. The van der Waals surface area contributed by atoms with Crippen LogP contribution < -0.4 is 15.4 Å². The molecule has 1 saturated heterocycles. The standard InChI is InChI=1S/C13H21N7O5S/c1-26(23,24)18-2-7-25-17-8-10-11(14)15-9-16-12(10)19-3-5-20(6-4-19)13(21)22/h8-9,18H,2-7H2,1H3,(H,21,22)(H2,14,15,16). The normalized spacial score (nSPS) is 15.4. The molecule has 1 amide bonds. The number of hydrogen-bond acceptors (Lipinski definition) is 9. The number of anilines is 2. The van der Waals surface area contributed by atoms with Crippen LogP contribution in [0.25, 0.3) is 0 Å². The van der Waals surface area contributed by atoms with Gasteiger partial charge < -0.3 is 25.5 Å². The van der Waals surface area contributed by atoms with E-state index in [0.717, 1.165) is 6.26 Å². The summed E-state index contributed by atoms with van der Waals surface area (Å²) in [6.45, 7) is 1.75. The van der Waals surface area contributed by atoms with Crippen LogP contribution in [0.2, 0.25) is 0 Å². The first-order valence-electron chi connectivity index (χ1n) is 7.71. The van der Waals surface area contributed by atoms with Crippen molar-refractivity contribution in [2.24, 2.45) is 5.16 Å². The number of nitrogen functional groups attached to an aromatic ring is 1. The molecule has 1 fully saturated rings. The number of hydrogen-bond donors (Lipinski definition) is 3. The van der Waals surface area contributed by atoms with Crippen molar-refractivity contribution in [3.8, 4) is 0 Å². The number of carbonyl (C=O) groups is 1. The van der Waals surface area contributed by atoms with Crippen LogP contribution in [0.15, 0.2) is 11.5 Å². The molecule has 0 bridgehead atoms. The summed E-state index contributed by atoms with van der Waals surface area (Å²) >= 11 is 0. The van der Waals surface area contributed by atoms with Crippen LogP contribution >= 0.6 is 0 Å². The molecule has 0 aromatic carbocycles. The fourth-order valence-electron chi connectivity index (χ4n) is 2.30. The Labute approximate surface area is 150 Å². The number of aromatic nitrogens is 2. The molecule has 4 N–H and O–H groups in total. The lowest BCUT2D eigenvalue weighted by atomic mass is 10.2. The van der Waals surface area contributed by atoms with Crippen LogP contribution in [0.1, 0.15) is 5.56 Å². The second-order valence-corrected chi connectivity index (χ2v) is 7.32. The van der Waals surface area contributed by atoms with Crippen molar-refractivity contribution in [2.45, 2.75) is 0 Å². The minimum absolute atomic E-state index is 0.0454. The Hall–Kier alpha value is -2.67. The summed E-state index contributed by atoms with van der Waals surface area (Å²) in [7, 11) is -3.28. The van der Waals surface area contributed by atoms with E-state index in [0.29, 0.717) is 37.6 Å². The second-order valence-electron chi connectivity index (χ2n) is 5.49. The number of nitrogens with zero attached hydrogens (tertiary/aromatic N) is 5. The fraction of sp³-hybridized carbons (Fsp3) is 0.538. The van der Waals surface area contributed by atoms with Gasteiger partial charge in [0.25, 0.3) is 0 Å². The molecule has 0 aliphatic carbocycles. The van der Waals surface area contributed by atoms with Gasteiger partial charge >= 0.3 is 6.09 Å². The molecule has 2 heterocycles. The molecule has 0 saturated carbocycles. The first-order chi connectivity index (χ1) is 12.3. The number of sulfonamides is 1. The monoisotopic (exact) mass is 387 g/mol. The number of oxime groups is 1. The van der Waals surface area contributed by atoms with Crippen molar-refractivity contribution in [1.82, 2.24) is 19.6 Å². The molecule has 0 unspecified atom stereocenters. The molecule has 0 atom stereocenters. The van der Waals surface area contributed by atoms with Crippen LogP contribution in [0.3, 0.4) is 0 Å². The highest BCUT2D eigenvalue weighted by atomic mass is 32.2. The summed E-state index contributed by atoms with van der Waals surface area (Å²) in [5.74, 6) is 0.737. The predicted octanol–water partition coefficient (Wildman–Crippen LogP) is -1.24. The number of carboxylic acid groups (broad SMARTS) is 1. The summed E-state index contributed by atoms with van der Waals surface area (Å²) in [4.78, 5) is 27.3. The van der Waals surface area contributed by atoms with Crippen molar-refractivity contribution in [3.05, 3.63) is 11.9 Å². The number of amides is 1. The predicted molar refractivity (Wildman–Crippen MR) is 94.6 cm³/mol. The minimum atomic E-state index is -3.28. The molecule has 144 valence electrons. The third-order valence-electron chi connectivity index (χ3n) is 3.56. The van der Waals surface area contributed by atoms with Gasteiger partial charge in [0.15, 0.2) is 0 Å². The molecule has 13 heteroatoms. The van der Waals surface area contributed by atoms with Crippen LogP contribution in [0, 0.1) is 0 Å². The molecule has 1 aliphatic rings. The maximum Gasteiger partial charge on any atom is 0.407 e. The van der Waals surface area contributed by atoms with Crippen LogP contribution in [0.5, 0.6) is 0 Å². The molecule has 1 aromatic rings. The van der Waals surface area contributed by atoms with Gasteiger partial charge in [-0.1, -0.05) is 5.16 Å². The molecule has 2 rings (SSSR count). The average Bonchev–Trinajstić information content (AvgIpc) is 2.58. The third-order valence-corrected chi connectivity index (χ3v) is 4.29. The third kappa shape index (κ3) is 5.70. The van der Waals surface area contributed by atoms with Crippen molar-refractivity contribution < 1.29 is 23.2 Å². The zero-order chi connectivity index (χ0) is 19.2. The highest BCUT2D eigenvalue weighted by Crippen LogP contribution is 2.21.